The first-order chi connectivity index (χ1) is 10.2. The molecule has 1 aromatic heterocycles. The lowest BCUT2D eigenvalue weighted by Gasteiger charge is -2.27. The molecule has 0 fully saturated rings. The van der Waals surface area contributed by atoms with Crippen LogP contribution in [0.2, 0.25) is 0 Å². The predicted molar refractivity (Wildman–Crippen MR) is 100 cm³/mol. The largest absolute Gasteiger partial charge is 0.307 e. The average Bonchev–Trinajstić information content (AvgIpc) is 2.88. The van der Waals surface area contributed by atoms with Crippen molar-refractivity contribution < 1.29 is 0 Å². The zero-order chi connectivity index (χ0) is 14.7. The van der Waals surface area contributed by atoms with E-state index in [1.807, 2.05) is 11.3 Å². The van der Waals surface area contributed by atoms with E-state index in [2.05, 4.69) is 71.2 Å². The van der Waals surface area contributed by atoms with E-state index in [9.17, 15) is 0 Å². The van der Waals surface area contributed by atoms with Gasteiger partial charge in [-0.3, -0.25) is 0 Å². The fourth-order valence-corrected chi connectivity index (χ4v) is 5.27. The number of nitrogens with one attached hydrogen (secondary N) is 1. The third-order valence-corrected chi connectivity index (χ3v) is 6.25. The molecule has 3 rings (SSSR count). The first kappa shape index (κ1) is 15.5. The maximum Gasteiger partial charge on any atom is 0.0659 e. The van der Waals surface area contributed by atoms with Gasteiger partial charge in [-0.1, -0.05) is 30.3 Å². The summed E-state index contributed by atoms with van der Waals surface area (Å²) in [6, 6.07) is 14.3. The number of hydrogen-bond acceptors (Lipinski definition) is 2. The van der Waals surface area contributed by atoms with Gasteiger partial charge in [0.15, 0.2) is 0 Å². The van der Waals surface area contributed by atoms with Crippen LogP contribution in [0.1, 0.15) is 48.2 Å². The van der Waals surface area contributed by atoms with Crippen molar-refractivity contribution in [2.75, 3.05) is 0 Å². The summed E-state index contributed by atoms with van der Waals surface area (Å²) in [6.45, 7) is 2.33. The zero-order valence-electron chi connectivity index (χ0n) is 12.4. The second kappa shape index (κ2) is 7.25. The molecule has 0 aliphatic heterocycles. The molecule has 0 saturated carbocycles. The molecule has 2 atom stereocenters. The Kier molecular flexibility index (Phi) is 5.35. The van der Waals surface area contributed by atoms with Crippen LogP contribution in [0.25, 0.3) is 0 Å². The van der Waals surface area contributed by atoms with Crippen LogP contribution in [0.4, 0.5) is 0 Å². The molecule has 0 amide bonds. The van der Waals surface area contributed by atoms with E-state index in [1.165, 1.54) is 34.1 Å². The van der Waals surface area contributed by atoms with Gasteiger partial charge in [0.05, 0.1) is 2.88 Å². The van der Waals surface area contributed by atoms with Gasteiger partial charge < -0.3 is 5.32 Å². The van der Waals surface area contributed by atoms with Gasteiger partial charge in [-0.15, -0.1) is 11.3 Å². The Labute approximate surface area is 145 Å². The summed E-state index contributed by atoms with van der Waals surface area (Å²) in [7, 11) is 0. The van der Waals surface area contributed by atoms with Crippen LogP contribution in [-0.2, 0) is 12.8 Å². The summed E-state index contributed by atoms with van der Waals surface area (Å²) in [5.74, 6) is 0. The molecule has 1 heterocycles. The van der Waals surface area contributed by atoms with Gasteiger partial charge in [-0.2, -0.15) is 0 Å². The van der Waals surface area contributed by atoms with Gasteiger partial charge in [0, 0.05) is 17.0 Å². The number of halogens is 1. The Morgan fingerprint density at radius 2 is 2.14 bits per heavy atom. The van der Waals surface area contributed by atoms with Crippen molar-refractivity contribution in [2.24, 2.45) is 0 Å². The van der Waals surface area contributed by atoms with E-state index < -0.39 is 0 Å². The van der Waals surface area contributed by atoms with E-state index >= 15 is 0 Å². The van der Waals surface area contributed by atoms with Crippen LogP contribution in [0.15, 0.2) is 36.4 Å². The first-order valence-electron chi connectivity index (χ1n) is 7.80. The third kappa shape index (κ3) is 4.08. The molecule has 0 spiro atoms. The van der Waals surface area contributed by atoms with E-state index in [0.717, 1.165) is 6.42 Å². The molecule has 1 aromatic carbocycles. The van der Waals surface area contributed by atoms with Crippen LogP contribution in [0.5, 0.6) is 0 Å². The quantitative estimate of drug-likeness (QED) is 0.655. The van der Waals surface area contributed by atoms with Crippen LogP contribution in [0, 0.1) is 2.88 Å². The van der Waals surface area contributed by atoms with Gasteiger partial charge in [-0.05, 0) is 78.8 Å². The molecule has 2 unspecified atom stereocenters. The minimum absolute atomic E-state index is 0.568. The standard InChI is InChI=1S/C18H22INS/c1-13(10-11-14-6-3-2-4-7-14)20-16-8-5-9-17-15(16)12-18(19)21-17/h2-4,6-7,12-13,16,20H,5,8-11H2,1H3. The van der Waals surface area contributed by atoms with Crippen molar-refractivity contribution in [1.29, 1.82) is 0 Å². The van der Waals surface area contributed by atoms with E-state index in [0.29, 0.717) is 12.1 Å². The third-order valence-electron chi connectivity index (χ3n) is 4.28. The molecule has 112 valence electrons. The molecular formula is C18H22INS. The predicted octanol–water partition coefficient (Wildman–Crippen LogP) is 5.34. The van der Waals surface area contributed by atoms with Crippen molar-refractivity contribution >= 4 is 33.9 Å². The van der Waals surface area contributed by atoms with E-state index in [-0.39, 0.29) is 0 Å². The Balaban J connectivity index is 1.57. The van der Waals surface area contributed by atoms with Crippen LogP contribution in [-0.4, -0.2) is 6.04 Å². The topological polar surface area (TPSA) is 12.0 Å². The molecule has 0 radical (unpaired) electrons. The molecule has 1 aliphatic rings. The number of rotatable bonds is 5. The van der Waals surface area contributed by atoms with Crippen LogP contribution >= 0.6 is 33.9 Å². The summed E-state index contributed by atoms with van der Waals surface area (Å²) in [5, 5.41) is 3.86. The minimum Gasteiger partial charge on any atom is -0.307 e. The van der Waals surface area contributed by atoms with E-state index in [1.54, 1.807) is 10.4 Å². The normalized spacial score (nSPS) is 19.2. The average molecular weight is 411 g/mol. The number of benzene rings is 1. The molecule has 21 heavy (non-hydrogen) atoms. The van der Waals surface area contributed by atoms with Crippen LogP contribution in [0.3, 0.4) is 0 Å². The van der Waals surface area contributed by atoms with Gasteiger partial charge >= 0.3 is 0 Å². The first-order valence-corrected chi connectivity index (χ1v) is 9.70. The summed E-state index contributed by atoms with van der Waals surface area (Å²) in [5.41, 5.74) is 3.02. The second-order valence-corrected chi connectivity index (χ2v) is 9.00. The molecule has 1 nitrogen and oxygen atoms in total. The number of thiophene rings is 1. The highest BCUT2D eigenvalue weighted by Gasteiger charge is 2.23. The smallest absolute Gasteiger partial charge is 0.0659 e. The molecule has 0 saturated heterocycles. The Hall–Kier alpha value is -0.390. The summed E-state index contributed by atoms with van der Waals surface area (Å²) >= 11 is 4.44. The van der Waals surface area contributed by atoms with Gasteiger partial charge in [0.25, 0.3) is 0 Å². The van der Waals surface area contributed by atoms with E-state index in [4.69, 9.17) is 0 Å². The fraction of sp³-hybridized carbons (Fsp3) is 0.444. The molecule has 1 aliphatic carbocycles. The van der Waals surface area contributed by atoms with Gasteiger partial charge in [0.2, 0.25) is 0 Å². The SMILES string of the molecule is CC(CCc1ccccc1)NC1CCCc2sc(I)cc21. The maximum absolute atomic E-state index is 3.86. The Morgan fingerprint density at radius 1 is 1.33 bits per heavy atom. The van der Waals surface area contributed by atoms with Gasteiger partial charge in [0.1, 0.15) is 0 Å². The molecule has 2 aromatic rings. The lowest BCUT2D eigenvalue weighted by Crippen LogP contribution is -2.32. The second-order valence-electron chi connectivity index (χ2n) is 5.97. The highest BCUT2D eigenvalue weighted by molar-refractivity contribution is 14.1. The highest BCUT2D eigenvalue weighted by Crippen LogP contribution is 2.36. The highest BCUT2D eigenvalue weighted by atomic mass is 127. The zero-order valence-corrected chi connectivity index (χ0v) is 15.4. The van der Waals surface area contributed by atoms with Crippen molar-refractivity contribution in [3.63, 3.8) is 0 Å². The summed E-state index contributed by atoms with van der Waals surface area (Å²) < 4.78 is 1.43. The molecule has 1 N–H and O–H groups in total. The maximum atomic E-state index is 3.86. The summed E-state index contributed by atoms with van der Waals surface area (Å²) in [4.78, 5) is 1.61. The summed E-state index contributed by atoms with van der Waals surface area (Å²) in [6.07, 6.45) is 6.26. The van der Waals surface area contributed by atoms with Gasteiger partial charge in [-0.25, -0.2) is 0 Å². The number of aryl methyl sites for hydroxylation is 2. The lowest BCUT2D eigenvalue weighted by molar-refractivity contribution is 0.398. The monoisotopic (exact) mass is 411 g/mol. The van der Waals surface area contributed by atoms with Crippen molar-refractivity contribution in [3.8, 4) is 0 Å². The minimum atomic E-state index is 0.568. The molecule has 0 bridgehead atoms. The number of fused-ring (bicyclic) bond motifs is 1. The van der Waals surface area contributed by atoms with Crippen molar-refractivity contribution in [3.05, 3.63) is 55.3 Å². The van der Waals surface area contributed by atoms with Crippen molar-refractivity contribution in [1.82, 2.24) is 5.32 Å². The Bertz CT molecular complexity index is 578. The van der Waals surface area contributed by atoms with Crippen molar-refractivity contribution in [2.45, 2.75) is 51.1 Å². The number of hydrogen-bond donors (Lipinski definition) is 1. The lowest BCUT2D eigenvalue weighted by atomic mass is 9.93. The fourth-order valence-electron chi connectivity index (χ4n) is 3.15. The van der Waals surface area contributed by atoms with Crippen LogP contribution < -0.4 is 5.32 Å². The molecular weight excluding hydrogens is 389 g/mol. The molecule has 3 heteroatoms. The Morgan fingerprint density at radius 3 is 2.95 bits per heavy atom.